The van der Waals surface area contributed by atoms with Crippen LogP contribution >= 0.6 is 11.6 Å². The number of alkyl halides is 1. The van der Waals surface area contributed by atoms with Crippen LogP contribution in [0.15, 0.2) is 24.3 Å². The first-order valence-electron chi connectivity index (χ1n) is 6.71. The van der Waals surface area contributed by atoms with Gasteiger partial charge in [0.15, 0.2) is 0 Å². The molecule has 0 saturated heterocycles. The van der Waals surface area contributed by atoms with E-state index in [-0.39, 0.29) is 5.38 Å². The number of halogens is 1. The summed E-state index contributed by atoms with van der Waals surface area (Å²) < 4.78 is 0. The van der Waals surface area contributed by atoms with Crippen molar-refractivity contribution in [3.05, 3.63) is 35.4 Å². The van der Waals surface area contributed by atoms with Crippen molar-refractivity contribution in [3.63, 3.8) is 0 Å². The first-order chi connectivity index (χ1) is 7.97. The molecule has 0 heterocycles. The normalized spacial score (nSPS) is 16.9. The quantitative estimate of drug-likeness (QED) is 0.584. The second-order valence-corrected chi connectivity index (χ2v) is 5.95. The van der Waals surface area contributed by atoms with Crippen molar-refractivity contribution in [1.82, 2.24) is 0 Å². The van der Waals surface area contributed by atoms with E-state index >= 15 is 0 Å². The SMILES string of the molecule is CCC(C)c1ccc(C(Cl)C(C)C(C)C)cc1. The molecule has 0 N–H and O–H groups in total. The van der Waals surface area contributed by atoms with Gasteiger partial charge in [0.25, 0.3) is 0 Å². The summed E-state index contributed by atoms with van der Waals surface area (Å²) in [5.74, 6) is 1.76. The first-order valence-corrected chi connectivity index (χ1v) is 7.14. The summed E-state index contributed by atoms with van der Waals surface area (Å²) in [6.07, 6.45) is 1.19. The Bertz CT molecular complexity index is 326. The Balaban J connectivity index is 2.80. The molecule has 3 atom stereocenters. The maximum atomic E-state index is 6.52. The maximum absolute atomic E-state index is 6.52. The minimum atomic E-state index is 0.126. The fourth-order valence-electron chi connectivity index (χ4n) is 1.89. The van der Waals surface area contributed by atoms with Crippen molar-refractivity contribution in [2.75, 3.05) is 0 Å². The summed E-state index contributed by atoms with van der Waals surface area (Å²) in [4.78, 5) is 0. The van der Waals surface area contributed by atoms with Gasteiger partial charge in [0.2, 0.25) is 0 Å². The molecule has 96 valence electrons. The lowest BCUT2D eigenvalue weighted by Crippen LogP contribution is -2.10. The zero-order valence-electron chi connectivity index (χ0n) is 11.7. The monoisotopic (exact) mass is 252 g/mol. The predicted octanol–water partition coefficient (Wildman–Crippen LogP) is 5.77. The highest BCUT2D eigenvalue weighted by molar-refractivity contribution is 6.21. The molecular weight excluding hydrogens is 228 g/mol. The summed E-state index contributed by atoms with van der Waals surface area (Å²) in [6, 6.07) is 8.84. The number of hydrogen-bond donors (Lipinski definition) is 0. The van der Waals surface area contributed by atoms with Gasteiger partial charge in [-0.2, -0.15) is 0 Å². The Morgan fingerprint density at radius 2 is 1.41 bits per heavy atom. The number of rotatable bonds is 5. The van der Waals surface area contributed by atoms with Gasteiger partial charge in [0.1, 0.15) is 0 Å². The van der Waals surface area contributed by atoms with Gasteiger partial charge >= 0.3 is 0 Å². The Morgan fingerprint density at radius 3 is 1.82 bits per heavy atom. The third-order valence-corrected chi connectivity index (χ3v) is 4.60. The molecule has 0 fully saturated rings. The molecular formula is C16H25Cl. The molecule has 0 bridgehead atoms. The molecule has 17 heavy (non-hydrogen) atoms. The van der Waals surface area contributed by atoms with Gasteiger partial charge < -0.3 is 0 Å². The van der Waals surface area contributed by atoms with E-state index in [9.17, 15) is 0 Å². The lowest BCUT2D eigenvalue weighted by atomic mass is 9.89. The standard InChI is InChI=1S/C16H25Cl/c1-6-12(4)14-7-9-15(10-8-14)16(17)13(5)11(2)3/h7-13,16H,6H2,1-5H3. The highest BCUT2D eigenvalue weighted by Crippen LogP contribution is 2.34. The van der Waals surface area contributed by atoms with Gasteiger partial charge in [-0.3, -0.25) is 0 Å². The zero-order valence-corrected chi connectivity index (χ0v) is 12.5. The van der Waals surface area contributed by atoms with E-state index in [4.69, 9.17) is 11.6 Å². The molecule has 0 aliphatic carbocycles. The van der Waals surface area contributed by atoms with Crippen LogP contribution in [0, 0.1) is 11.8 Å². The number of benzene rings is 1. The van der Waals surface area contributed by atoms with Crippen molar-refractivity contribution in [2.45, 2.75) is 52.3 Å². The highest BCUT2D eigenvalue weighted by atomic mass is 35.5. The van der Waals surface area contributed by atoms with E-state index in [1.54, 1.807) is 0 Å². The van der Waals surface area contributed by atoms with Gasteiger partial charge in [-0.05, 0) is 35.3 Å². The molecule has 0 aliphatic rings. The molecule has 0 radical (unpaired) electrons. The molecule has 1 rings (SSSR count). The highest BCUT2D eigenvalue weighted by Gasteiger charge is 2.19. The van der Waals surface area contributed by atoms with Crippen LogP contribution in [0.4, 0.5) is 0 Å². The van der Waals surface area contributed by atoms with E-state index in [0.717, 1.165) is 0 Å². The lowest BCUT2D eigenvalue weighted by molar-refractivity contribution is 0.406. The third kappa shape index (κ3) is 3.74. The smallest absolute Gasteiger partial charge is 0.0613 e. The third-order valence-electron chi connectivity index (χ3n) is 3.95. The van der Waals surface area contributed by atoms with E-state index in [1.807, 2.05) is 0 Å². The molecule has 1 aromatic rings. The average molecular weight is 253 g/mol. The van der Waals surface area contributed by atoms with Crippen molar-refractivity contribution < 1.29 is 0 Å². The van der Waals surface area contributed by atoms with Crippen LogP contribution in [0.3, 0.4) is 0 Å². The van der Waals surface area contributed by atoms with Crippen molar-refractivity contribution >= 4 is 11.6 Å². The summed E-state index contributed by atoms with van der Waals surface area (Å²) in [6.45, 7) is 11.2. The van der Waals surface area contributed by atoms with Crippen LogP contribution in [0.2, 0.25) is 0 Å². The van der Waals surface area contributed by atoms with E-state index in [2.05, 4.69) is 58.9 Å². The van der Waals surface area contributed by atoms with E-state index in [1.165, 1.54) is 17.5 Å². The molecule has 0 spiro atoms. The Hall–Kier alpha value is -0.490. The zero-order chi connectivity index (χ0) is 13.0. The second kappa shape index (κ2) is 6.44. The summed E-state index contributed by atoms with van der Waals surface area (Å²) in [5, 5.41) is 0.126. The van der Waals surface area contributed by atoms with Crippen LogP contribution in [0.25, 0.3) is 0 Å². The van der Waals surface area contributed by atoms with Crippen molar-refractivity contribution in [2.24, 2.45) is 11.8 Å². The molecule has 0 saturated carbocycles. The Kier molecular flexibility index (Phi) is 5.52. The molecule has 0 amide bonds. The number of hydrogen-bond acceptors (Lipinski definition) is 0. The lowest BCUT2D eigenvalue weighted by Gasteiger charge is -2.22. The van der Waals surface area contributed by atoms with Crippen LogP contribution < -0.4 is 0 Å². The molecule has 1 aromatic carbocycles. The van der Waals surface area contributed by atoms with Gasteiger partial charge in [0.05, 0.1) is 5.38 Å². The first kappa shape index (κ1) is 14.6. The molecule has 0 aromatic heterocycles. The minimum absolute atomic E-state index is 0.126. The van der Waals surface area contributed by atoms with Gasteiger partial charge in [0, 0.05) is 0 Å². The average Bonchev–Trinajstić information content (AvgIpc) is 2.36. The van der Waals surface area contributed by atoms with E-state index in [0.29, 0.717) is 17.8 Å². The molecule has 3 unspecified atom stereocenters. The van der Waals surface area contributed by atoms with E-state index < -0.39 is 0 Å². The van der Waals surface area contributed by atoms with Gasteiger partial charge in [-0.15, -0.1) is 11.6 Å². The fraction of sp³-hybridized carbons (Fsp3) is 0.625. The van der Waals surface area contributed by atoms with Crippen LogP contribution in [-0.4, -0.2) is 0 Å². The van der Waals surface area contributed by atoms with Gasteiger partial charge in [-0.25, -0.2) is 0 Å². The molecule has 1 heteroatoms. The maximum Gasteiger partial charge on any atom is 0.0613 e. The Morgan fingerprint density at radius 1 is 0.941 bits per heavy atom. The van der Waals surface area contributed by atoms with Gasteiger partial charge in [-0.1, -0.05) is 58.9 Å². The van der Waals surface area contributed by atoms with Crippen molar-refractivity contribution in [1.29, 1.82) is 0 Å². The minimum Gasteiger partial charge on any atom is -0.118 e. The van der Waals surface area contributed by atoms with Crippen LogP contribution in [-0.2, 0) is 0 Å². The summed E-state index contributed by atoms with van der Waals surface area (Å²) in [5.41, 5.74) is 2.66. The predicted molar refractivity (Wildman–Crippen MR) is 77.7 cm³/mol. The van der Waals surface area contributed by atoms with Crippen LogP contribution in [0.5, 0.6) is 0 Å². The molecule has 0 nitrogen and oxygen atoms in total. The fourth-order valence-corrected chi connectivity index (χ4v) is 2.32. The van der Waals surface area contributed by atoms with Crippen molar-refractivity contribution in [3.8, 4) is 0 Å². The van der Waals surface area contributed by atoms with Crippen LogP contribution in [0.1, 0.15) is 63.5 Å². The largest absolute Gasteiger partial charge is 0.118 e. The topological polar surface area (TPSA) is 0 Å². The summed E-state index contributed by atoms with van der Waals surface area (Å²) >= 11 is 6.52. The molecule has 0 aliphatic heterocycles. The summed E-state index contributed by atoms with van der Waals surface area (Å²) in [7, 11) is 0. The second-order valence-electron chi connectivity index (χ2n) is 5.48. The Labute approximate surface area is 111 Å².